The van der Waals surface area contributed by atoms with Crippen LogP contribution in [0.15, 0.2) is 18.2 Å². The van der Waals surface area contributed by atoms with Crippen LogP contribution in [0.4, 0.5) is 0 Å². The Morgan fingerprint density at radius 1 is 1.29 bits per heavy atom. The predicted octanol–water partition coefficient (Wildman–Crippen LogP) is 2.53. The van der Waals surface area contributed by atoms with Crippen molar-refractivity contribution >= 4 is 6.29 Å². The third-order valence-corrected chi connectivity index (χ3v) is 2.92. The molecular weight excluding hydrogens is 214 g/mol. The lowest BCUT2D eigenvalue weighted by atomic mass is 10.1. The molecule has 0 fully saturated rings. The zero-order chi connectivity index (χ0) is 12.7. The molecule has 0 heterocycles. The molecule has 3 nitrogen and oxygen atoms in total. The van der Waals surface area contributed by atoms with Gasteiger partial charge < -0.3 is 9.64 Å². The van der Waals surface area contributed by atoms with Gasteiger partial charge in [-0.25, -0.2) is 0 Å². The highest BCUT2D eigenvalue weighted by molar-refractivity contribution is 5.80. The maximum atomic E-state index is 10.9. The lowest BCUT2D eigenvalue weighted by Gasteiger charge is -2.19. The number of nitrogens with zero attached hydrogens (tertiary/aromatic N) is 1. The number of likely N-dealkylation sites (N-methyl/N-ethyl adjacent to an activating group) is 1. The summed E-state index contributed by atoms with van der Waals surface area (Å²) in [6.45, 7) is 9.78. The van der Waals surface area contributed by atoms with Crippen LogP contribution < -0.4 is 4.74 Å². The average Bonchev–Trinajstić information content (AvgIpc) is 2.36. The molecule has 3 heteroatoms. The molecule has 0 atom stereocenters. The Balaban J connectivity index is 2.59. The fourth-order valence-electron chi connectivity index (χ4n) is 1.78. The lowest BCUT2D eigenvalue weighted by Crippen LogP contribution is -2.28. The van der Waals surface area contributed by atoms with Crippen LogP contribution in [0.25, 0.3) is 0 Å². The van der Waals surface area contributed by atoms with E-state index in [0.29, 0.717) is 12.2 Å². The quantitative estimate of drug-likeness (QED) is 0.680. The first kappa shape index (κ1) is 13.7. The first-order valence-corrected chi connectivity index (χ1v) is 6.12. The number of ether oxygens (including phenoxy) is 1. The number of hydrogen-bond acceptors (Lipinski definition) is 3. The van der Waals surface area contributed by atoms with Crippen molar-refractivity contribution in [1.82, 2.24) is 4.90 Å². The number of hydrogen-bond donors (Lipinski definition) is 0. The maximum absolute atomic E-state index is 10.9. The Morgan fingerprint density at radius 2 is 2.00 bits per heavy atom. The topological polar surface area (TPSA) is 29.5 Å². The Morgan fingerprint density at radius 3 is 2.59 bits per heavy atom. The highest BCUT2D eigenvalue weighted by Crippen LogP contribution is 2.21. The Kier molecular flexibility index (Phi) is 5.70. The number of rotatable bonds is 7. The van der Waals surface area contributed by atoms with Gasteiger partial charge in [-0.05, 0) is 31.6 Å². The molecule has 94 valence electrons. The van der Waals surface area contributed by atoms with E-state index in [2.05, 4.69) is 18.7 Å². The van der Waals surface area contributed by atoms with Gasteiger partial charge in [-0.15, -0.1) is 0 Å². The zero-order valence-electron chi connectivity index (χ0n) is 10.9. The molecule has 0 N–H and O–H groups in total. The van der Waals surface area contributed by atoms with Gasteiger partial charge in [0.25, 0.3) is 0 Å². The summed E-state index contributed by atoms with van der Waals surface area (Å²) in [7, 11) is 0. The van der Waals surface area contributed by atoms with Crippen molar-refractivity contribution in [3.8, 4) is 5.75 Å². The van der Waals surface area contributed by atoms with Crippen molar-refractivity contribution in [1.29, 1.82) is 0 Å². The minimum absolute atomic E-state index is 0.618. The number of carbonyl (C=O) groups is 1. The minimum atomic E-state index is 0.618. The molecule has 1 rings (SSSR count). The molecule has 0 amide bonds. The second-order valence-corrected chi connectivity index (χ2v) is 3.99. The van der Waals surface area contributed by atoms with Gasteiger partial charge in [-0.1, -0.05) is 26.0 Å². The van der Waals surface area contributed by atoms with Gasteiger partial charge in [-0.3, -0.25) is 4.79 Å². The van der Waals surface area contributed by atoms with Crippen LogP contribution in [0.5, 0.6) is 5.75 Å². The van der Waals surface area contributed by atoms with E-state index in [1.807, 2.05) is 19.1 Å². The van der Waals surface area contributed by atoms with Crippen LogP contribution in [-0.2, 0) is 0 Å². The van der Waals surface area contributed by atoms with E-state index in [4.69, 9.17) is 4.74 Å². The van der Waals surface area contributed by atoms with E-state index in [1.54, 1.807) is 6.07 Å². The molecule has 1 aromatic rings. The molecule has 0 saturated carbocycles. The van der Waals surface area contributed by atoms with Crippen LogP contribution >= 0.6 is 0 Å². The smallest absolute Gasteiger partial charge is 0.153 e. The molecule has 1 aromatic carbocycles. The van der Waals surface area contributed by atoms with Crippen LogP contribution in [-0.4, -0.2) is 37.4 Å². The van der Waals surface area contributed by atoms with Gasteiger partial charge in [-0.2, -0.15) is 0 Å². The van der Waals surface area contributed by atoms with Crippen molar-refractivity contribution in [3.05, 3.63) is 29.3 Å². The molecular formula is C14H21NO2. The standard InChI is InChI=1S/C14H21NO2/c1-4-15(5-2)9-10-17-14-12(3)7-6-8-13(14)11-16/h6-8,11H,4-5,9-10H2,1-3H3. The van der Waals surface area contributed by atoms with Crippen LogP contribution in [0.2, 0.25) is 0 Å². The predicted molar refractivity (Wildman–Crippen MR) is 69.8 cm³/mol. The largest absolute Gasteiger partial charge is 0.491 e. The van der Waals surface area contributed by atoms with Crippen molar-refractivity contribution < 1.29 is 9.53 Å². The third kappa shape index (κ3) is 3.86. The maximum Gasteiger partial charge on any atom is 0.153 e. The lowest BCUT2D eigenvalue weighted by molar-refractivity contribution is 0.111. The SMILES string of the molecule is CCN(CC)CCOc1c(C)cccc1C=O. The molecule has 0 radical (unpaired) electrons. The van der Waals surface area contributed by atoms with Crippen molar-refractivity contribution in [2.45, 2.75) is 20.8 Å². The number of para-hydroxylation sites is 1. The van der Waals surface area contributed by atoms with E-state index in [-0.39, 0.29) is 0 Å². The number of benzene rings is 1. The summed E-state index contributed by atoms with van der Waals surface area (Å²) in [4.78, 5) is 13.2. The molecule has 0 unspecified atom stereocenters. The van der Waals surface area contributed by atoms with Gasteiger partial charge in [0.05, 0.1) is 5.56 Å². The van der Waals surface area contributed by atoms with E-state index in [1.165, 1.54) is 0 Å². The highest BCUT2D eigenvalue weighted by atomic mass is 16.5. The molecule has 0 aliphatic heterocycles. The molecule has 0 bridgehead atoms. The van der Waals surface area contributed by atoms with E-state index in [0.717, 1.165) is 37.2 Å². The van der Waals surface area contributed by atoms with Crippen molar-refractivity contribution in [2.24, 2.45) is 0 Å². The van der Waals surface area contributed by atoms with Gasteiger partial charge in [0.2, 0.25) is 0 Å². The van der Waals surface area contributed by atoms with Crippen LogP contribution in [0.3, 0.4) is 0 Å². The van der Waals surface area contributed by atoms with Gasteiger partial charge in [0.1, 0.15) is 12.4 Å². The Bertz CT molecular complexity index is 359. The summed E-state index contributed by atoms with van der Waals surface area (Å²) >= 11 is 0. The fraction of sp³-hybridized carbons (Fsp3) is 0.500. The Labute approximate surface area is 103 Å². The van der Waals surface area contributed by atoms with E-state index in [9.17, 15) is 4.79 Å². The molecule has 0 aromatic heterocycles. The molecule has 0 aliphatic rings. The normalized spacial score (nSPS) is 10.6. The fourth-order valence-corrected chi connectivity index (χ4v) is 1.78. The molecule has 0 saturated heterocycles. The van der Waals surface area contributed by atoms with Gasteiger partial charge in [0.15, 0.2) is 6.29 Å². The summed E-state index contributed by atoms with van der Waals surface area (Å²) in [5.41, 5.74) is 1.64. The second-order valence-electron chi connectivity index (χ2n) is 3.99. The van der Waals surface area contributed by atoms with Gasteiger partial charge in [0, 0.05) is 6.54 Å². The first-order chi connectivity index (χ1) is 8.22. The third-order valence-electron chi connectivity index (χ3n) is 2.92. The molecule has 17 heavy (non-hydrogen) atoms. The summed E-state index contributed by atoms with van der Waals surface area (Å²) < 4.78 is 5.72. The van der Waals surface area contributed by atoms with Crippen LogP contribution in [0.1, 0.15) is 29.8 Å². The monoisotopic (exact) mass is 235 g/mol. The minimum Gasteiger partial charge on any atom is -0.491 e. The van der Waals surface area contributed by atoms with Gasteiger partial charge >= 0.3 is 0 Å². The molecule has 0 spiro atoms. The summed E-state index contributed by atoms with van der Waals surface area (Å²) in [6.07, 6.45) is 0.847. The summed E-state index contributed by atoms with van der Waals surface area (Å²) in [5, 5.41) is 0. The van der Waals surface area contributed by atoms with E-state index < -0.39 is 0 Å². The summed E-state index contributed by atoms with van der Waals surface area (Å²) in [5.74, 6) is 0.717. The molecule has 0 aliphatic carbocycles. The average molecular weight is 235 g/mol. The van der Waals surface area contributed by atoms with Crippen molar-refractivity contribution in [2.75, 3.05) is 26.2 Å². The number of aldehydes is 1. The number of aryl methyl sites for hydroxylation is 1. The summed E-state index contributed by atoms with van der Waals surface area (Å²) in [6, 6.07) is 5.61. The zero-order valence-corrected chi connectivity index (χ0v) is 10.9. The first-order valence-electron chi connectivity index (χ1n) is 6.12. The number of carbonyl (C=O) groups excluding carboxylic acids is 1. The highest BCUT2D eigenvalue weighted by Gasteiger charge is 2.06. The second kappa shape index (κ2) is 7.07. The van der Waals surface area contributed by atoms with Crippen LogP contribution in [0, 0.1) is 6.92 Å². The Hall–Kier alpha value is -1.35. The van der Waals surface area contributed by atoms with Crippen molar-refractivity contribution in [3.63, 3.8) is 0 Å². The van der Waals surface area contributed by atoms with E-state index >= 15 is 0 Å².